The summed E-state index contributed by atoms with van der Waals surface area (Å²) >= 11 is 6.03. The Labute approximate surface area is 162 Å². The van der Waals surface area contributed by atoms with Gasteiger partial charge in [0.1, 0.15) is 0 Å². The fourth-order valence-corrected chi connectivity index (χ4v) is 4.51. The van der Waals surface area contributed by atoms with Gasteiger partial charge in [-0.1, -0.05) is 37.6 Å². The van der Waals surface area contributed by atoms with Crippen LogP contribution in [0, 0.1) is 11.3 Å². The molecular formula is C20H30Cl2N2O. The van der Waals surface area contributed by atoms with E-state index in [4.69, 9.17) is 11.6 Å². The van der Waals surface area contributed by atoms with E-state index in [1.54, 1.807) is 0 Å². The lowest BCUT2D eigenvalue weighted by molar-refractivity contribution is -0.123. The molecule has 0 aromatic heterocycles. The third-order valence-corrected chi connectivity index (χ3v) is 6.77. The quantitative estimate of drug-likeness (QED) is 0.766. The van der Waals surface area contributed by atoms with Crippen molar-refractivity contribution in [2.45, 2.75) is 51.4 Å². The fourth-order valence-electron chi connectivity index (χ4n) is 4.39. The molecule has 3 nitrogen and oxygen atoms in total. The second-order valence-corrected chi connectivity index (χ2v) is 8.02. The summed E-state index contributed by atoms with van der Waals surface area (Å²) in [5.74, 6) is 0.494. The van der Waals surface area contributed by atoms with Gasteiger partial charge in [0.15, 0.2) is 0 Å². The summed E-state index contributed by atoms with van der Waals surface area (Å²) in [7, 11) is 0. The number of carbonyl (C=O) groups is 1. The number of carbonyl (C=O) groups excluding carboxylic acids is 1. The zero-order valence-electron chi connectivity index (χ0n) is 15.2. The Hall–Kier alpha value is -0.770. The van der Waals surface area contributed by atoms with Gasteiger partial charge in [0.05, 0.1) is 0 Å². The van der Waals surface area contributed by atoms with E-state index in [0.717, 1.165) is 50.2 Å². The lowest BCUT2D eigenvalue weighted by atomic mass is 9.75. The van der Waals surface area contributed by atoms with E-state index in [9.17, 15) is 4.79 Å². The van der Waals surface area contributed by atoms with Crippen molar-refractivity contribution in [1.82, 2.24) is 10.6 Å². The van der Waals surface area contributed by atoms with E-state index in [1.807, 2.05) is 12.1 Å². The first-order valence-corrected chi connectivity index (χ1v) is 9.67. The number of hydrogen-bond donors (Lipinski definition) is 2. The number of piperidine rings is 1. The van der Waals surface area contributed by atoms with Gasteiger partial charge in [-0.15, -0.1) is 12.4 Å². The van der Waals surface area contributed by atoms with Gasteiger partial charge in [-0.25, -0.2) is 0 Å². The third kappa shape index (κ3) is 4.15. The summed E-state index contributed by atoms with van der Waals surface area (Å²) in [6.45, 7) is 7.24. The number of nitrogens with one attached hydrogen (secondary N) is 2. The molecule has 1 heterocycles. The van der Waals surface area contributed by atoms with E-state index < -0.39 is 0 Å². The minimum absolute atomic E-state index is 0. The molecule has 1 saturated carbocycles. The van der Waals surface area contributed by atoms with Crippen molar-refractivity contribution in [1.29, 1.82) is 0 Å². The standard InChI is InChI=1S/C20H29ClN2O.ClH/c1-3-19(4-2,15-5-7-16(21)8-6-15)14-23-18(24)17-13-20(17)9-11-22-12-10-20;/h5-8,17,22H,3-4,9-14H2,1-2H3,(H,23,24);1H. The molecule has 2 N–H and O–H groups in total. The Balaban J connectivity index is 0.00000225. The zero-order valence-corrected chi connectivity index (χ0v) is 16.8. The highest BCUT2D eigenvalue weighted by Crippen LogP contribution is 2.58. The largest absolute Gasteiger partial charge is 0.355 e. The maximum absolute atomic E-state index is 12.7. The molecule has 1 amide bonds. The van der Waals surface area contributed by atoms with Gasteiger partial charge < -0.3 is 10.6 Å². The molecule has 5 heteroatoms. The first-order chi connectivity index (χ1) is 11.6. The minimum atomic E-state index is -0.00355. The van der Waals surface area contributed by atoms with Crippen molar-refractivity contribution in [2.24, 2.45) is 11.3 Å². The zero-order chi connectivity index (χ0) is 17.2. The molecule has 1 aliphatic heterocycles. The summed E-state index contributed by atoms with van der Waals surface area (Å²) < 4.78 is 0. The van der Waals surface area contributed by atoms with Crippen LogP contribution < -0.4 is 10.6 Å². The third-order valence-electron chi connectivity index (χ3n) is 6.52. The SMILES string of the molecule is CCC(CC)(CNC(=O)C1CC12CCNCC2)c1ccc(Cl)cc1.Cl. The minimum Gasteiger partial charge on any atom is -0.355 e. The van der Waals surface area contributed by atoms with Crippen LogP contribution in [0.5, 0.6) is 0 Å². The second-order valence-electron chi connectivity index (χ2n) is 7.58. The average molecular weight is 385 g/mol. The van der Waals surface area contributed by atoms with E-state index in [0.29, 0.717) is 12.0 Å². The van der Waals surface area contributed by atoms with Gasteiger partial charge in [-0.05, 0) is 68.3 Å². The van der Waals surface area contributed by atoms with Gasteiger partial charge in [0.25, 0.3) is 0 Å². The summed E-state index contributed by atoms with van der Waals surface area (Å²) in [4.78, 5) is 12.7. The van der Waals surface area contributed by atoms with Crippen molar-refractivity contribution < 1.29 is 4.79 Å². The Morgan fingerprint density at radius 1 is 1.24 bits per heavy atom. The molecule has 1 atom stereocenters. The molecule has 1 aliphatic carbocycles. The van der Waals surface area contributed by atoms with Gasteiger partial charge in [-0.3, -0.25) is 4.79 Å². The lowest BCUT2D eigenvalue weighted by Crippen LogP contribution is -2.42. The Bertz CT molecular complexity index is 578. The first kappa shape index (κ1) is 20.5. The summed E-state index contributed by atoms with van der Waals surface area (Å²) in [5, 5.41) is 7.44. The normalized spacial score (nSPS) is 21.5. The summed E-state index contributed by atoms with van der Waals surface area (Å²) in [5.41, 5.74) is 1.57. The number of rotatable bonds is 6. The van der Waals surface area contributed by atoms with Crippen LogP contribution >= 0.6 is 24.0 Å². The van der Waals surface area contributed by atoms with Gasteiger partial charge >= 0.3 is 0 Å². The summed E-state index contributed by atoms with van der Waals surface area (Å²) in [6, 6.07) is 8.10. The van der Waals surface area contributed by atoms with E-state index in [2.05, 4.69) is 36.6 Å². The van der Waals surface area contributed by atoms with E-state index in [-0.39, 0.29) is 29.6 Å². The Morgan fingerprint density at radius 2 is 1.84 bits per heavy atom. The van der Waals surface area contributed by atoms with Gasteiger partial charge in [0.2, 0.25) is 5.91 Å². The number of benzene rings is 1. The van der Waals surface area contributed by atoms with Crippen LogP contribution in [0.3, 0.4) is 0 Å². The number of halogens is 2. The van der Waals surface area contributed by atoms with Gasteiger partial charge in [0, 0.05) is 22.9 Å². The fraction of sp³-hybridized carbons (Fsp3) is 0.650. The maximum atomic E-state index is 12.7. The number of hydrogen-bond acceptors (Lipinski definition) is 2. The van der Waals surface area contributed by atoms with Crippen LogP contribution in [0.15, 0.2) is 24.3 Å². The van der Waals surface area contributed by atoms with E-state index in [1.165, 1.54) is 5.56 Å². The predicted molar refractivity (Wildman–Crippen MR) is 107 cm³/mol. The van der Waals surface area contributed by atoms with Crippen molar-refractivity contribution in [3.63, 3.8) is 0 Å². The molecule has 1 saturated heterocycles. The van der Waals surface area contributed by atoms with E-state index >= 15 is 0 Å². The van der Waals surface area contributed by atoms with Crippen molar-refractivity contribution >= 4 is 29.9 Å². The van der Waals surface area contributed by atoms with Crippen LogP contribution in [0.25, 0.3) is 0 Å². The molecule has 25 heavy (non-hydrogen) atoms. The Morgan fingerprint density at radius 3 is 2.40 bits per heavy atom. The molecular weight excluding hydrogens is 355 g/mol. The molecule has 3 rings (SSSR count). The molecule has 2 aliphatic rings. The molecule has 140 valence electrons. The molecule has 1 aromatic carbocycles. The highest BCUT2D eigenvalue weighted by atomic mass is 35.5. The smallest absolute Gasteiger partial charge is 0.223 e. The first-order valence-electron chi connectivity index (χ1n) is 9.30. The second kappa shape index (κ2) is 8.28. The van der Waals surface area contributed by atoms with Crippen LogP contribution in [0.2, 0.25) is 5.02 Å². The Kier molecular flexibility index (Phi) is 6.80. The molecule has 1 spiro atoms. The molecule has 2 fully saturated rings. The van der Waals surface area contributed by atoms with Gasteiger partial charge in [-0.2, -0.15) is 0 Å². The molecule has 0 bridgehead atoms. The maximum Gasteiger partial charge on any atom is 0.223 e. The summed E-state index contributed by atoms with van der Waals surface area (Å²) in [6.07, 6.45) is 5.38. The highest BCUT2D eigenvalue weighted by Gasteiger charge is 2.57. The average Bonchev–Trinajstić information content (AvgIpc) is 3.31. The lowest BCUT2D eigenvalue weighted by Gasteiger charge is -2.33. The predicted octanol–water partition coefficient (Wildman–Crippen LogP) is 4.33. The van der Waals surface area contributed by atoms with Crippen LogP contribution in [0.4, 0.5) is 0 Å². The van der Waals surface area contributed by atoms with Crippen LogP contribution in [0.1, 0.15) is 51.5 Å². The topological polar surface area (TPSA) is 41.1 Å². The molecule has 1 aromatic rings. The van der Waals surface area contributed by atoms with Crippen LogP contribution in [-0.4, -0.2) is 25.5 Å². The monoisotopic (exact) mass is 384 g/mol. The molecule has 1 unspecified atom stereocenters. The van der Waals surface area contributed by atoms with Crippen molar-refractivity contribution in [3.8, 4) is 0 Å². The highest BCUT2D eigenvalue weighted by molar-refractivity contribution is 6.30. The van der Waals surface area contributed by atoms with Crippen LogP contribution in [-0.2, 0) is 10.2 Å². The van der Waals surface area contributed by atoms with Crippen molar-refractivity contribution in [3.05, 3.63) is 34.9 Å². The van der Waals surface area contributed by atoms with Crippen molar-refractivity contribution in [2.75, 3.05) is 19.6 Å². The number of amides is 1. The molecule has 0 radical (unpaired) electrons.